The molecular formula is C25H24N4O. The Hall–Kier alpha value is -3.60. The molecule has 0 bridgehead atoms. The van der Waals surface area contributed by atoms with Crippen molar-refractivity contribution in [1.29, 1.82) is 0 Å². The van der Waals surface area contributed by atoms with E-state index in [4.69, 9.17) is 0 Å². The molecule has 5 nitrogen and oxygen atoms in total. The first kappa shape index (κ1) is 18.4. The van der Waals surface area contributed by atoms with Crippen molar-refractivity contribution >= 4 is 39.1 Å². The number of hydrogen-bond donors (Lipinski definition) is 1. The number of carbonyl (C=O) groups is 1. The molecule has 1 fully saturated rings. The lowest BCUT2D eigenvalue weighted by atomic mass is 10.1. The Bertz CT molecular complexity index is 1220. The molecule has 0 aliphatic carbocycles. The van der Waals surface area contributed by atoms with Crippen molar-refractivity contribution in [3.05, 3.63) is 78.5 Å². The van der Waals surface area contributed by atoms with E-state index >= 15 is 0 Å². The van der Waals surface area contributed by atoms with Gasteiger partial charge in [0.2, 0.25) is 0 Å². The van der Waals surface area contributed by atoms with Gasteiger partial charge in [-0.25, -0.2) is 4.79 Å². The number of nitrogens with zero attached hydrogens (tertiary/aromatic N) is 3. The van der Waals surface area contributed by atoms with Crippen LogP contribution in [-0.2, 0) is 0 Å². The number of amides is 2. The molecule has 5 rings (SSSR count). The molecular weight excluding hydrogens is 372 g/mol. The van der Waals surface area contributed by atoms with Crippen molar-refractivity contribution in [2.75, 3.05) is 36.4 Å². The SMILES string of the molecule is Cc1nc2ccccc2cc1NC(=O)N1CCN(c2cccc3ccccc23)CC1. The van der Waals surface area contributed by atoms with Crippen molar-refractivity contribution < 1.29 is 4.79 Å². The smallest absolute Gasteiger partial charge is 0.322 e. The second kappa shape index (κ2) is 7.67. The number of hydrogen-bond acceptors (Lipinski definition) is 3. The standard InChI is InChI=1S/C25H24N4O/c1-18-23(17-20-8-3-5-11-22(20)26-18)27-25(30)29-15-13-28(14-16-29)24-12-6-9-19-7-2-4-10-21(19)24/h2-12,17H,13-16H2,1H3,(H,27,30). The van der Waals surface area contributed by atoms with Gasteiger partial charge in [-0.3, -0.25) is 4.98 Å². The molecule has 0 radical (unpaired) electrons. The highest BCUT2D eigenvalue weighted by Crippen LogP contribution is 2.28. The monoisotopic (exact) mass is 396 g/mol. The minimum Gasteiger partial charge on any atom is -0.367 e. The molecule has 2 amide bonds. The molecule has 2 heterocycles. The lowest BCUT2D eigenvalue weighted by Gasteiger charge is -2.36. The van der Waals surface area contributed by atoms with E-state index in [1.54, 1.807) is 0 Å². The van der Waals surface area contributed by atoms with E-state index in [1.807, 2.05) is 42.2 Å². The molecule has 1 N–H and O–H groups in total. The number of rotatable bonds is 2. The first-order valence-corrected chi connectivity index (χ1v) is 10.3. The number of aromatic nitrogens is 1. The number of para-hydroxylation sites is 1. The molecule has 1 aliphatic rings. The molecule has 0 atom stereocenters. The highest BCUT2D eigenvalue weighted by molar-refractivity contribution is 5.95. The van der Waals surface area contributed by atoms with E-state index < -0.39 is 0 Å². The van der Waals surface area contributed by atoms with Crippen LogP contribution in [0.4, 0.5) is 16.2 Å². The molecule has 30 heavy (non-hydrogen) atoms. The van der Waals surface area contributed by atoms with Gasteiger partial charge in [-0.1, -0.05) is 54.6 Å². The summed E-state index contributed by atoms with van der Waals surface area (Å²) >= 11 is 0. The highest BCUT2D eigenvalue weighted by Gasteiger charge is 2.22. The summed E-state index contributed by atoms with van der Waals surface area (Å²) in [4.78, 5) is 21.7. The van der Waals surface area contributed by atoms with Crippen LogP contribution in [0.2, 0.25) is 0 Å². The fraction of sp³-hybridized carbons (Fsp3) is 0.200. The zero-order valence-corrected chi connectivity index (χ0v) is 17.0. The average Bonchev–Trinajstić information content (AvgIpc) is 2.79. The van der Waals surface area contributed by atoms with E-state index in [0.717, 1.165) is 35.4 Å². The van der Waals surface area contributed by atoms with E-state index in [-0.39, 0.29) is 6.03 Å². The summed E-state index contributed by atoms with van der Waals surface area (Å²) in [5.41, 5.74) is 3.78. The molecule has 0 saturated carbocycles. The number of piperazine rings is 1. The number of carbonyl (C=O) groups excluding carboxylic acids is 1. The third kappa shape index (κ3) is 3.43. The fourth-order valence-corrected chi connectivity index (χ4v) is 4.17. The van der Waals surface area contributed by atoms with Crippen LogP contribution in [-0.4, -0.2) is 42.1 Å². The van der Waals surface area contributed by atoms with Gasteiger partial charge in [0.15, 0.2) is 0 Å². The van der Waals surface area contributed by atoms with Crippen LogP contribution in [0.3, 0.4) is 0 Å². The molecule has 0 spiro atoms. The van der Waals surface area contributed by atoms with Gasteiger partial charge in [0.05, 0.1) is 16.9 Å². The maximum Gasteiger partial charge on any atom is 0.322 e. The number of pyridine rings is 1. The summed E-state index contributed by atoms with van der Waals surface area (Å²) in [6, 6.07) is 24.8. The minimum absolute atomic E-state index is 0.0623. The van der Waals surface area contributed by atoms with Gasteiger partial charge >= 0.3 is 6.03 Å². The third-order valence-corrected chi connectivity index (χ3v) is 5.83. The van der Waals surface area contributed by atoms with Gasteiger partial charge in [0.1, 0.15) is 0 Å². The zero-order valence-electron chi connectivity index (χ0n) is 17.0. The second-order valence-electron chi connectivity index (χ2n) is 7.72. The van der Waals surface area contributed by atoms with E-state index in [0.29, 0.717) is 13.1 Å². The summed E-state index contributed by atoms with van der Waals surface area (Å²) in [5.74, 6) is 0. The Morgan fingerprint density at radius 3 is 2.40 bits per heavy atom. The topological polar surface area (TPSA) is 48.5 Å². The lowest BCUT2D eigenvalue weighted by Crippen LogP contribution is -2.50. The molecule has 3 aromatic carbocycles. The van der Waals surface area contributed by atoms with Crippen molar-refractivity contribution in [1.82, 2.24) is 9.88 Å². The third-order valence-electron chi connectivity index (χ3n) is 5.83. The number of urea groups is 1. The number of benzene rings is 3. The van der Waals surface area contributed by atoms with Crippen LogP contribution in [0.5, 0.6) is 0 Å². The Morgan fingerprint density at radius 2 is 1.57 bits per heavy atom. The molecule has 5 heteroatoms. The predicted octanol–water partition coefficient (Wildman–Crippen LogP) is 5.05. The first-order valence-electron chi connectivity index (χ1n) is 10.3. The van der Waals surface area contributed by atoms with Crippen LogP contribution >= 0.6 is 0 Å². The highest BCUT2D eigenvalue weighted by atomic mass is 16.2. The Morgan fingerprint density at radius 1 is 0.867 bits per heavy atom. The summed E-state index contributed by atoms with van der Waals surface area (Å²) in [7, 11) is 0. The maximum absolute atomic E-state index is 12.9. The lowest BCUT2D eigenvalue weighted by molar-refractivity contribution is 0.208. The summed E-state index contributed by atoms with van der Waals surface area (Å²) in [5, 5.41) is 6.59. The van der Waals surface area contributed by atoms with Crippen molar-refractivity contribution in [2.45, 2.75) is 6.92 Å². The first-order chi connectivity index (χ1) is 14.7. The van der Waals surface area contributed by atoms with Gasteiger partial charge in [0.25, 0.3) is 0 Å². The largest absolute Gasteiger partial charge is 0.367 e. The van der Waals surface area contributed by atoms with Crippen LogP contribution in [0.1, 0.15) is 5.69 Å². The Labute approximate surface area is 175 Å². The van der Waals surface area contributed by atoms with Crippen LogP contribution in [0.15, 0.2) is 72.8 Å². The van der Waals surface area contributed by atoms with Gasteiger partial charge in [0, 0.05) is 42.6 Å². The van der Waals surface area contributed by atoms with Crippen molar-refractivity contribution in [3.63, 3.8) is 0 Å². The summed E-state index contributed by atoms with van der Waals surface area (Å²) in [6.45, 7) is 4.94. The van der Waals surface area contributed by atoms with Crippen LogP contribution in [0.25, 0.3) is 21.7 Å². The second-order valence-corrected chi connectivity index (χ2v) is 7.72. The van der Waals surface area contributed by atoms with E-state index in [2.05, 4.69) is 57.7 Å². The Balaban J connectivity index is 1.29. The van der Waals surface area contributed by atoms with Crippen LogP contribution in [0, 0.1) is 6.92 Å². The molecule has 1 aromatic heterocycles. The minimum atomic E-state index is -0.0623. The van der Waals surface area contributed by atoms with Gasteiger partial charge in [-0.2, -0.15) is 0 Å². The molecule has 1 aliphatic heterocycles. The number of fused-ring (bicyclic) bond motifs is 2. The number of aryl methyl sites for hydroxylation is 1. The quantitative estimate of drug-likeness (QED) is 0.516. The van der Waals surface area contributed by atoms with Crippen LogP contribution < -0.4 is 10.2 Å². The average molecular weight is 396 g/mol. The Kier molecular flexibility index (Phi) is 4.71. The number of nitrogens with one attached hydrogen (secondary N) is 1. The molecule has 1 saturated heterocycles. The normalized spacial score (nSPS) is 14.3. The zero-order chi connectivity index (χ0) is 20.5. The molecule has 4 aromatic rings. The molecule has 0 unspecified atom stereocenters. The van der Waals surface area contributed by atoms with E-state index in [9.17, 15) is 4.79 Å². The summed E-state index contributed by atoms with van der Waals surface area (Å²) < 4.78 is 0. The van der Waals surface area contributed by atoms with Crippen molar-refractivity contribution in [3.8, 4) is 0 Å². The fourth-order valence-electron chi connectivity index (χ4n) is 4.17. The molecule has 150 valence electrons. The van der Waals surface area contributed by atoms with Gasteiger partial charge in [-0.05, 0) is 30.5 Å². The van der Waals surface area contributed by atoms with Gasteiger partial charge < -0.3 is 15.1 Å². The van der Waals surface area contributed by atoms with E-state index in [1.165, 1.54) is 16.5 Å². The predicted molar refractivity (Wildman–Crippen MR) is 123 cm³/mol. The summed E-state index contributed by atoms with van der Waals surface area (Å²) in [6.07, 6.45) is 0. The number of anilines is 2. The van der Waals surface area contributed by atoms with Crippen molar-refractivity contribution in [2.24, 2.45) is 0 Å². The maximum atomic E-state index is 12.9. The van der Waals surface area contributed by atoms with Gasteiger partial charge in [-0.15, -0.1) is 0 Å².